The highest BCUT2D eigenvalue weighted by atomic mass is 32.2. The van der Waals surface area contributed by atoms with Crippen molar-refractivity contribution in [3.05, 3.63) is 78.4 Å². The Morgan fingerprint density at radius 1 is 0.833 bits per heavy atom. The largest absolute Gasteiger partial charge is 0.497 e. The first-order valence-corrected chi connectivity index (χ1v) is 10.7. The van der Waals surface area contributed by atoms with Crippen LogP contribution in [0.3, 0.4) is 0 Å². The topological polar surface area (TPSA) is 93.7 Å². The second-order valence-corrected chi connectivity index (χ2v) is 7.95. The Bertz CT molecular complexity index is 1090. The third-order valence-corrected chi connectivity index (χ3v) is 5.59. The van der Waals surface area contributed by atoms with Crippen molar-refractivity contribution < 1.29 is 22.7 Å². The first-order valence-electron chi connectivity index (χ1n) is 9.22. The van der Waals surface area contributed by atoms with Crippen LogP contribution in [0, 0.1) is 0 Å². The van der Waals surface area contributed by atoms with Gasteiger partial charge >= 0.3 is 0 Å². The highest BCUT2D eigenvalue weighted by molar-refractivity contribution is 7.92. The smallest absolute Gasteiger partial charge is 0.261 e. The molecule has 2 N–H and O–H groups in total. The summed E-state index contributed by atoms with van der Waals surface area (Å²) in [4.78, 5) is 12.5. The molecule has 0 saturated carbocycles. The van der Waals surface area contributed by atoms with Crippen LogP contribution in [0.5, 0.6) is 11.5 Å². The highest BCUT2D eigenvalue weighted by Gasteiger charge is 2.15. The standard InChI is InChI=1S/C22H22N2O5S/c1-3-29-20-12-14-21(15-13-20)30(26,27)24-18-6-4-16(5-7-18)22(25)23-17-8-10-19(28-2)11-9-17/h4-15,24H,3H2,1-2H3,(H,23,25). The summed E-state index contributed by atoms with van der Waals surface area (Å²) < 4.78 is 38.0. The van der Waals surface area contributed by atoms with Gasteiger partial charge in [-0.1, -0.05) is 0 Å². The number of amides is 1. The van der Waals surface area contributed by atoms with E-state index in [1.54, 1.807) is 55.6 Å². The van der Waals surface area contributed by atoms with Crippen LogP contribution in [0.4, 0.5) is 11.4 Å². The lowest BCUT2D eigenvalue weighted by molar-refractivity contribution is 0.102. The van der Waals surface area contributed by atoms with Gasteiger partial charge in [0.05, 0.1) is 18.6 Å². The van der Waals surface area contributed by atoms with E-state index in [9.17, 15) is 13.2 Å². The van der Waals surface area contributed by atoms with Crippen molar-refractivity contribution in [3.63, 3.8) is 0 Å². The number of nitrogens with one attached hydrogen (secondary N) is 2. The van der Waals surface area contributed by atoms with Crippen LogP contribution in [0.15, 0.2) is 77.7 Å². The van der Waals surface area contributed by atoms with Crippen molar-refractivity contribution in [2.45, 2.75) is 11.8 Å². The van der Waals surface area contributed by atoms with Gasteiger partial charge in [-0.3, -0.25) is 9.52 Å². The van der Waals surface area contributed by atoms with Crippen LogP contribution in [-0.2, 0) is 10.0 Å². The molecule has 0 aliphatic heterocycles. The number of hydrogen-bond acceptors (Lipinski definition) is 5. The van der Waals surface area contributed by atoms with Gasteiger partial charge in [0, 0.05) is 16.9 Å². The second-order valence-electron chi connectivity index (χ2n) is 6.27. The summed E-state index contributed by atoms with van der Waals surface area (Å²) >= 11 is 0. The molecule has 0 aliphatic carbocycles. The molecule has 0 unspecified atom stereocenters. The first kappa shape index (κ1) is 21.2. The molecule has 8 heteroatoms. The fourth-order valence-electron chi connectivity index (χ4n) is 2.66. The molecule has 0 saturated heterocycles. The lowest BCUT2D eigenvalue weighted by Gasteiger charge is -2.10. The van der Waals surface area contributed by atoms with Crippen LogP contribution >= 0.6 is 0 Å². The SMILES string of the molecule is CCOc1ccc(S(=O)(=O)Nc2ccc(C(=O)Nc3ccc(OC)cc3)cc2)cc1. The Labute approximate surface area is 175 Å². The Morgan fingerprint density at radius 2 is 1.40 bits per heavy atom. The lowest BCUT2D eigenvalue weighted by Crippen LogP contribution is -2.14. The third-order valence-electron chi connectivity index (χ3n) is 4.19. The minimum atomic E-state index is -3.75. The van der Waals surface area contributed by atoms with Crippen LogP contribution in [0.2, 0.25) is 0 Å². The number of hydrogen-bond donors (Lipinski definition) is 2. The van der Waals surface area contributed by atoms with Gasteiger partial charge < -0.3 is 14.8 Å². The van der Waals surface area contributed by atoms with Crippen LogP contribution in [0.25, 0.3) is 0 Å². The van der Waals surface area contributed by atoms with E-state index >= 15 is 0 Å². The monoisotopic (exact) mass is 426 g/mol. The number of carbonyl (C=O) groups excluding carboxylic acids is 1. The van der Waals surface area contributed by atoms with Gasteiger partial charge in [0.15, 0.2) is 0 Å². The normalized spacial score (nSPS) is 10.9. The molecule has 3 aromatic carbocycles. The van der Waals surface area contributed by atoms with E-state index in [2.05, 4.69) is 10.0 Å². The molecule has 1 amide bonds. The average molecular weight is 426 g/mol. The molecule has 3 rings (SSSR count). The number of ether oxygens (including phenoxy) is 2. The summed E-state index contributed by atoms with van der Waals surface area (Å²) in [5.74, 6) is 0.988. The summed E-state index contributed by atoms with van der Waals surface area (Å²) in [5, 5.41) is 2.77. The van der Waals surface area contributed by atoms with Crippen molar-refractivity contribution in [2.24, 2.45) is 0 Å². The average Bonchev–Trinajstić information content (AvgIpc) is 2.75. The van der Waals surface area contributed by atoms with E-state index in [0.29, 0.717) is 35.0 Å². The van der Waals surface area contributed by atoms with E-state index in [4.69, 9.17) is 9.47 Å². The van der Waals surface area contributed by atoms with Crippen molar-refractivity contribution in [1.29, 1.82) is 0 Å². The predicted octanol–water partition coefficient (Wildman–Crippen LogP) is 4.15. The van der Waals surface area contributed by atoms with Crippen LogP contribution in [-0.4, -0.2) is 28.0 Å². The summed E-state index contributed by atoms with van der Waals surface area (Å²) in [5.41, 5.74) is 1.38. The molecule has 0 bridgehead atoms. The third kappa shape index (κ3) is 5.30. The molecular formula is C22H22N2O5S. The van der Waals surface area contributed by atoms with Gasteiger partial charge in [-0.15, -0.1) is 0 Å². The minimum absolute atomic E-state index is 0.118. The maximum absolute atomic E-state index is 12.5. The molecule has 0 spiro atoms. The number of anilines is 2. The predicted molar refractivity (Wildman–Crippen MR) is 116 cm³/mol. The van der Waals surface area contributed by atoms with E-state index in [1.807, 2.05) is 6.92 Å². The highest BCUT2D eigenvalue weighted by Crippen LogP contribution is 2.20. The van der Waals surface area contributed by atoms with Gasteiger partial charge in [-0.2, -0.15) is 0 Å². The summed E-state index contributed by atoms with van der Waals surface area (Å²) in [6, 6.07) is 19.3. The zero-order valence-electron chi connectivity index (χ0n) is 16.6. The molecule has 7 nitrogen and oxygen atoms in total. The molecule has 0 radical (unpaired) electrons. The second kappa shape index (κ2) is 9.32. The Balaban J connectivity index is 1.66. The molecular weight excluding hydrogens is 404 g/mol. The molecule has 3 aromatic rings. The summed E-state index contributed by atoms with van der Waals surface area (Å²) in [7, 11) is -2.18. The maximum Gasteiger partial charge on any atom is 0.261 e. The number of benzene rings is 3. The van der Waals surface area contributed by atoms with Crippen molar-refractivity contribution in [2.75, 3.05) is 23.8 Å². The van der Waals surface area contributed by atoms with Gasteiger partial charge in [0.1, 0.15) is 11.5 Å². The van der Waals surface area contributed by atoms with Crippen LogP contribution < -0.4 is 19.5 Å². The minimum Gasteiger partial charge on any atom is -0.497 e. The summed E-state index contributed by atoms with van der Waals surface area (Å²) in [6.45, 7) is 2.36. The fourth-order valence-corrected chi connectivity index (χ4v) is 3.72. The van der Waals surface area contributed by atoms with Gasteiger partial charge in [0.25, 0.3) is 15.9 Å². The number of carbonyl (C=O) groups is 1. The molecule has 30 heavy (non-hydrogen) atoms. The van der Waals surface area contributed by atoms with E-state index in [0.717, 1.165) is 0 Å². The molecule has 0 fully saturated rings. The zero-order valence-corrected chi connectivity index (χ0v) is 17.4. The van der Waals surface area contributed by atoms with Crippen molar-refractivity contribution in [3.8, 4) is 11.5 Å². The number of sulfonamides is 1. The van der Waals surface area contributed by atoms with Gasteiger partial charge in [-0.05, 0) is 79.7 Å². The van der Waals surface area contributed by atoms with Crippen molar-refractivity contribution >= 4 is 27.3 Å². The van der Waals surface area contributed by atoms with E-state index in [1.165, 1.54) is 24.3 Å². The van der Waals surface area contributed by atoms with Crippen LogP contribution in [0.1, 0.15) is 17.3 Å². The van der Waals surface area contributed by atoms with Gasteiger partial charge in [0.2, 0.25) is 0 Å². The van der Waals surface area contributed by atoms with E-state index < -0.39 is 10.0 Å². The van der Waals surface area contributed by atoms with E-state index in [-0.39, 0.29) is 10.8 Å². The molecule has 0 aromatic heterocycles. The maximum atomic E-state index is 12.5. The Kier molecular flexibility index (Phi) is 6.58. The molecule has 156 valence electrons. The van der Waals surface area contributed by atoms with Gasteiger partial charge in [-0.25, -0.2) is 8.42 Å². The Morgan fingerprint density at radius 3 is 1.97 bits per heavy atom. The lowest BCUT2D eigenvalue weighted by atomic mass is 10.2. The summed E-state index contributed by atoms with van der Waals surface area (Å²) in [6.07, 6.45) is 0. The molecule has 0 aliphatic rings. The van der Waals surface area contributed by atoms with Crippen molar-refractivity contribution in [1.82, 2.24) is 0 Å². The zero-order chi connectivity index (χ0) is 21.6. The molecule has 0 heterocycles. The first-order chi connectivity index (χ1) is 14.4. The Hall–Kier alpha value is -3.52. The number of methoxy groups -OCH3 is 1. The molecule has 0 atom stereocenters. The fraction of sp³-hybridized carbons (Fsp3) is 0.136. The number of rotatable bonds is 8. The quantitative estimate of drug-likeness (QED) is 0.564.